The van der Waals surface area contributed by atoms with Crippen LogP contribution in [0, 0.1) is 0 Å². The summed E-state index contributed by atoms with van der Waals surface area (Å²) in [5.41, 5.74) is 2.70. The van der Waals surface area contributed by atoms with Gasteiger partial charge >= 0.3 is 0 Å². The fraction of sp³-hybridized carbons (Fsp3) is 0.667. The molecule has 0 rings (SSSR count). The molecular weight excluding hydrogens is 116 g/mol. The van der Waals surface area contributed by atoms with Gasteiger partial charge in [-0.1, -0.05) is 0 Å². The van der Waals surface area contributed by atoms with Gasteiger partial charge in [-0.25, -0.2) is 0 Å². The summed E-state index contributed by atoms with van der Waals surface area (Å²) in [6, 6.07) is 0. The molecule has 0 aliphatic carbocycles. The lowest BCUT2D eigenvalue weighted by atomic mass is 10.1. The molecule has 0 radical (unpaired) electrons. The van der Waals surface area contributed by atoms with Crippen LogP contribution in [0.3, 0.4) is 0 Å². The molecule has 9 heavy (non-hydrogen) atoms. The number of carbonyl (C=O) groups is 1. The van der Waals surface area contributed by atoms with Gasteiger partial charge in [0.25, 0.3) is 0 Å². The molecule has 3 nitrogen and oxygen atoms in total. The summed E-state index contributed by atoms with van der Waals surface area (Å²) in [4.78, 5) is 9.70. The SMILES string of the molecule is CC(C)(C)N/N=C/C=O. The van der Waals surface area contributed by atoms with Gasteiger partial charge in [0, 0.05) is 5.54 Å². The molecule has 0 aromatic carbocycles. The van der Waals surface area contributed by atoms with Crippen LogP contribution in [0.15, 0.2) is 5.10 Å². The minimum absolute atomic E-state index is 0.0560. The lowest BCUT2D eigenvalue weighted by Crippen LogP contribution is -2.31. The molecule has 0 amide bonds. The molecule has 0 bridgehead atoms. The van der Waals surface area contributed by atoms with Crippen LogP contribution in [-0.2, 0) is 4.79 Å². The van der Waals surface area contributed by atoms with E-state index in [4.69, 9.17) is 0 Å². The Bertz CT molecular complexity index is 113. The zero-order valence-corrected chi connectivity index (χ0v) is 6.01. The van der Waals surface area contributed by atoms with Crippen molar-refractivity contribution in [3.05, 3.63) is 0 Å². The maximum atomic E-state index is 9.70. The molecule has 0 heterocycles. The Morgan fingerprint density at radius 3 is 2.33 bits per heavy atom. The van der Waals surface area contributed by atoms with Gasteiger partial charge in [-0.3, -0.25) is 4.79 Å². The minimum atomic E-state index is -0.0560. The van der Waals surface area contributed by atoms with Crippen LogP contribution in [0.25, 0.3) is 0 Å². The molecule has 0 fully saturated rings. The maximum Gasteiger partial charge on any atom is 0.162 e. The van der Waals surface area contributed by atoms with Crippen molar-refractivity contribution in [1.82, 2.24) is 5.43 Å². The standard InChI is InChI=1S/C6H12N2O/c1-6(2,3)8-7-4-5-9/h4-5,8H,1-3H3/b7-4+. The molecule has 0 spiro atoms. The highest BCUT2D eigenvalue weighted by Gasteiger charge is 2.04. The summed E-state index contributed by atoms with van der Waals surface area (Å²) >= 11 is 0. The first-order valence-corrected chi connectivity index (χ1v) is 2.80. The molecule has 0 aromatic rings. The van der Waals surface area contributed by atoms with Crippen LogP contribution >= 0.6 is 0 Å². The smallest absolute Gasteiger partial charge is 0.162 e. The van der Waals surface area contributed by atoms with Gasteiger partial charge in [0.2, 0.25) is 0 Å². The highest BCUT2D eigenvalue weighted by molar-refractivity contribution is 6.12. The van der Waals surface area contributed by atoms with Gasteiger partial charge in [-0.2, -0.15) is 5.10 Å². The third-order valence-corrected chi connectivity index (χ3v) is 0.535. The highest BCUT2D eigenvalue weighted by Crippen LogP contribution is 1.96. The second-order valence-corrected chi connectivity index (χ2v) is 2.78. The van der Waals surface area contributed by atoms with Gasteiger partial charge in [0.15, 0.2) is 6.29 Å². The predicted molar refractivity (Wildman–Crippen MR) is 37.4 cm³/mol. The topological polar surface area (TPSA) is 41.5 Å². The van der Waals surface area contributed by atoms with Crippen molar-refractivity contribution in [3.63, 3.8) is 0 Å². The molecule has 0 saturated heterocycles. The summed E-state index contributed by atoms with van der Waals surface area (Å²) < 4.78 is 0. The summed E-state index contributed by atoms with van der Waals surface area (Å²) in [6.07, 6.45) is 1.82. The van der Waals surface area contributed by atoms with Crippen molar-refractivity contribution in [2.75, 3.05) is 0 Å². The Hall–Kier alpha value is -0.860. The third-order valence-electron chi connectivity index (χ3n) is 0.535. The minimum Gasteiger partial charge on any atom is -0.305 e. The Labute approximate surface area is 55.1 Å². The second kappa shape index (κ2) is 3.22. The first-order valence-electron chi connectivity index (χ1n) is 2.80. The third kappa shape index (κ3) is 7.14. The summed E-state index contributed by atoms with van der Waals surface area (Å²) in [6.45, 7) is 5.90. The largest absolute Gasteiger partial charge is 0.305 e. The molecular formula is C6H12N2O. The normalized spacial score (nSPS) is 11.9. The van der Waals surface area contributed by atoms with Gasteiger partial charge in [-0.15, -0.1) is 0 Å². The van der Waals surface area contributed by atoms with Crippen LogP contribution in [0.1, 0.15) is 20.8 Å². The van der Waals surface area contributed by atoms with Crippen molar-refractivity contribution in [2.24, 2.45) is 5.10 Å². The number of nitrogens with one attached hydrogen (secondary N) is 1. The first-order chi connectivity index (χ1) is 4.06. The van der Waals surface area contributed by atoms with Crippen molar-refractivity contribution in [1.29, 1.82) is 0 Å². The predicted octanol–water partition coefficient (Wildman–Crippen LogP) is 0.559. The van der Waals surface area contributed by atoms with Gasteiger partial charge in [0.1, 0.15) is 0 Å². The molecule has 0 aromatic heterocycles. The van der Waals surface area contributed by atoms with Crippen LogP contribution in [0.2, 0.25) is 0 Å². The number of hydrogen-bond donors (Lipinski definition) is 1. The monoisotopic (exact) mass is 128 g/mol. The average Bonchev–Trinajstić information content (AvgIpc) is 1.63. The van der Waals surface area contributed by atoms with E-state index in [-0.39, 0.29) is 5.54 Å². The van der Waals surface area contributed by atoms with Gasteiger partial charge < -0.3 is 5.43 Å². The van der Waals surface area contributed by atoms with E-state index in [1.165, 1.54) is 6.21 Å². The summed E-state index contributed by atoms with van der Waals surface area (Å²) in [5.74, 6) is 0. The maximum absolute atomic E-state index is 9.70. The van der Waals surface area contributed by atoms with E-state index in [1.54, 1.807) is 0 Å². The quantitative estimate of drug-likeness (QED) is 0.335. The fourth-order valence-electron chi connectivity index (χ4n) is 0.261. The van der Waals surface area contributed by atoms with Crippen LogP contribution in [0.5, 0.6) is 0 Å². The summed E-state index contributed by atoms with van der Waals surface area (Å²) in [5, 5.41) is 3.62. The van der Waals surface area contributed by atoms with Crippen molar-refractivity contribution in [3.8, 4) is 0 Å². The Balaban J connectivity index is 3.50. The van der Waals surface area contributed by atoms with Crippen LogP contribution in [-0.4, -0.2) is 18.0 Å². The zero-order chi connectivity index (χ0) is 7.33. The van der Waals surface area contributed by atoms with Crippen molar-refractivity contribution < 1.29 is 4.79 Å². The lowest BCUT2D eigenvalue weighted by Gasteiger charge is -2.16. The Morgan fingerprint density at radius 2 is 2.00 bits per heavy atom. The van der Waals surface area contributed by atoms with Crippen LogP contribution < -0.4 is 5.43 Å². The van der Waals surface area contributed by atoms with E-state index in [1.807, 2.05) is 20.8 Å². The molecule has 0 saturated carbocycles. The number of carbonyl (C=O) groups excluding carboxylic acids is 1. The average molecular weight is 128 g/mol. The summed E-state index contributed by atoms with van der Waals surface area (Å²) in [7, 11) is 0. The van der Waals surface area contributed by atoms with E-state index in [0.29, 0.717) is 6.29 Å². The molecule has 52 valence electrons. The molecule has 0 unspecified atom stereocenters. The number of hydrazone groups is 1. The number of rotatable bonds is 2. The van der Waals surface area contributed by atoms with Crippen molar-refractivity contribution in [2.45, 2.75) is 26.3 Å². The van der Waals surface area contributed by atoms with Gasteiger partial charge in [0.05, 0.1) is 6.21 Å². The molecule has 0 atom stereocenters. The van der Waals surface area contributed by atoms with Gasteiger partial charge in [-0.05, 0) is 20.8 Å². The first kappa shape index (κ1) is 8.14. The number of hydrogen-bond acceptors (Lipinski definition) is 3. The van der Waals surface area contributed by atoms with E-state index in [2.05, 4.69) is 10.5 Å². The number of aldehydes is 1. The van der Waals surface area contributed by atoms with Crippen LogP contribution in [0.4, 0.5) is 0 Å². The number of nitrogens with zero attached hydrogens (tertiary/aromatic N) is 1. The Kier molecular flexibility index (Phi) is 2.91. The molecule has 3 heteroatoms. The zero-order valence-electron chi connectivity index (χ0n) is 6.01. The molecule has 1 N–H and O–H groups in total. The van der Waals surface area contributed by atoms with E-state index in [9.17, 15) is 4.79 Å². The van der Waals surface area contributed by atoms with E-state index < -0.39 is 0 Å². The lowest BCUT2D eigenvalue weighted by molar-refractivity contribution is -0.102. The Morgan fingerprint density at radius 1 is 1.44 bits per heavy atom. The fourth-order valence-corrected chi connectivity index (χ4v) is 0.261. The highest BCUT2D eigenvalue weighted by atomic mass is 16.1. The van der Waals surface area contributed by atoms with E-state index >= 15 is 0 Å². The molecule has 0 aliphatic rings. The van der Waals surface area contributed by atoms with E-state index in [0.717, 1.165) is 0 Å². The second-order valence-electron chi connectivity index (χ2n) is 2.78. The molecule has 0 aliphatic heterocycles. The van der Waals surface area contributed by atoms with Crippen molar-refractivity contribution >= 4 is 12.5 Å².